The molecule has 0 saturated heterocycles. The Morgan fingerprint density at radius 3 is 2.43 bits per heavy atom. The van der Waals surface area contributed by atoms with Gasteiger partial charge in [-0.3, -0.25) is 4.57 Å². The highest BCUT2D eigenvalue weighted by Crippen LogP contribution is 2.97. The Kier molecular flexibility index (Phi) is 0.657. The van der Waals surface area contributed by atoms with Crippen molar-refractivity contribution in [2.24, 2.45) is 0 Å². The van der Waals surface area contributed by atoms with E-state index in [1.54, 1.807) is 7.87 Å². The van der Waals surface area contributed by atoms with Gasteiger partial charge in [0, 0.05) is 0 Å². The lowest BCUT2D eigenvalue weighted by atomic mass is 10.6. The second-order valence-electron chi connectivity index (χ2n) is 1.79. The molecule has 4 heteroatoms. The first-order valence-electron chi connectivity index (χ1n) is 2.31. The number of rotatable bonds is 1. The average molecular weight is 150 g/mol. The molecule has 0 radical (unpaired) electrons. The van der Waals surface area contributed by atoms with Crippen molar-refractivity contribution >= 4 is 21.5 Å². The smallest absolute Gasteiger partial charge is 0.145 e. The Morgan fingerprint density at radius 1 is 1.86 bits per heavy atom. The minimum absolute atomic E-state index is 0.132. The molecule has 2 rings (SSSR count). The molecule has 0 aromatic heterocycles. The van der Waals surface area contributed by atoms with Gasteiger partial charge in [0.2, 0.25) is 0 Å². The third kappa shape index (κ3) is 0.345. The van der Waals surface area contributed by atoms with Crippen LogP contribution in [-0.4, -0.2) is 4.64 Å². The molecule has 0 saturated carbocycles. The van der Waals surface area contributed by atoms with Crippen molar-refractivity contribution in [1.29, 1.82) is 0 Å². The molecule has 0 N–H and O–H groups in total. The van der Waals surface area contributed by atoms with Crippen LogP contribution in [0.3, 0.4) is 0 Å². The SMILES string of the molecule is CCC12P=P1=P2=O. The van der Waals surface area contributed by atoms with Crippen molar-refractivity contribution in [3.05, 3.63) is 0 Å². The summed E-state index contributed by atoms with van der Waals surface area (Å²) < 4.78 is 11.1. The van der Waals surface area contributed by atoms with Gasteiger partial charge in [0.05, 0.1) is 0 Å². The van der Waals surface area contributed by atoms with Crippen LogP contribution in [0.25, 0.3) is 0 Å². The van der Waals surface area contributed by atoms with Gasteiger partial charge >= 0.3 is 0 Å². The Hall–Kier alpha value is 0.700. The predicted octanol–water partition coefficient (Wildman–Crippen LogP) is 3.16. The molecule has 1 nitrogen and oxygen atoms in total. The van der Waals surface area contributed by atoms with Crippen LogP contribution < -0.4 is 0 Å². The Balaban J connectivity index is 2.46. The van der Waals surface area contributed by atoms with Crippen molar-refractivity contribution in [1.82, 2.24) is 0 Å². The van der Waals surface area contributed by atoms with Crippen LogP contribution in [0.1, 0.15) is 13.3 Å². The van der Waals surface area contributed by atoms with E-state index in [-0.39, 0.29) is 6.50 Å². The van der Waals surface area contributed by atoms with E-state index in [9.17, 15) is 4.57 Å². The van der Waals surface area contributed by atoms with Crippen molar-refractivity contribution in [2.75, 3.05) is 0 Å². The fraction of sp³-hybridized carbons (Fsp3) is 1.00. The quantitative estimate of drug-likeness (QED) is 0.524. The molecule has 2 heterocycles. The molecular weight excluding hydrogens is 145 g/mol. The standard InChI is InChI=1S/C3H5OP3/c1-2-3-5-7(3)6(3)4/h2H2,1H3. The van der Waals surface area contributed by atoms with E-state index in [1.165, 1.54) is 6.42 Å². The average Bonchev–Trinajstić information content (AvgIpc) is 2.49. The van der Waals surface area contributed by atoms with E-state index in [2.05, 4.69) is 6.92 Å². The maximum absolute atomic E-state index is 10.7. The maximum Gasteiger partial charge on any atom is 0.145 e. The maximum atomic E-state index is 10.7. The van der Waals surface area contributed by atoms with Crippen LogP contribution >= 0.6 is 21.5 Å². The summed E-state index contributed by atoms with van der Waals surface area (Å²) in [6, 6.07) is 0. The molecule has 0 aliphatic carbocycles. The monoisotopic (exact) mass is 150 g/mol. The first-order valence-corrected chi connectivity index (χ1v) is 7.22. The minimum Gasteiger partial charge on any atom is -0.276 e. The molecule has 0 spiro atoms. The van der Waals surface area contributed by atoms with Crippen LogP contribution in [0.2, 0.25) is 0 Å². The molecule has 0 aromatic rings. The van der Waals surface area contributed by atoms with E-state index in [0.29, 0.717) is 4.64 Å². The number of fused-ring (bicyclic) bond motifs is 1. The van der Waals surface area contributed by atoms with E-state index >= 15 is 0 Å². The van der Waals surface area contributed by atoms with Crippen LogP contribution in [-0.2, 0) is 4.57 Å². The summed E-state index contributed by atoms with van der Waals surface area (Å²) in [4.78, 5) is 0. The van der Waals surface area contributed by atoms with E-state index in [0.717, 1.165) is 0 Å². The van der Waals surface area contributed by atoms with Gasteiger partial charge in [-0.15, -0.1) is 0 Å². The van der Waals surface area contributed by atoms with Crippen molar-refractivity contribution in [3.63, 3.8) is 0 Å². The van der Waals surface area contributed by atoms with Crippen LogP contribution in [0.4, 0.5) is 0 Å². The van der Waals surface area contributed by atoms with Gasteiger partial charge in [-0.2, -0.15) is 0 Å². The highest BCUT2D eigenvalue weighted by Gasteiger charge is 2.58. The first kappa shape index (κ1) is 4.57. The van der Waals surface area contributed by atoms with Gasteiger partial charge < -0.3 is 0 Å². The first-order chi connectivity index (χ1) is 3.31. The Morgan fingerprint density at radius 2 is 2.43 bits per heavy atom. The van der Waals surface area contributed by atoms with Gasteiger partial charge in [-0.1, -0.05) is 6.92 Å². The highest BCUT2D eigenvalue weighted by molar-refractivity contribution is 8.47. The fourth-order valence-corrected chi connectivity index (χ4v) is 13.5. The van der Waals surface area contributed by atoms with Crippen LogP contribution in [0, 0.1) is 0 Å². The molecule has 2 aliphatic rings. The second kappa shape index (κ2) is 1.01. The Labute approximate surface area is 44.8 Å². The van der Waals surface area contributed by atoms with Crippen molar-refractivity contribution < 1.29 is 4.57 Å². The zero-order valence-corrected chi connectivity index (χ0v) is 6.64. The summed E-state index contributed by atoms with van der Waals surface area (Å²) in [6.45, 7) is 2.28. The van der Waals surface area contributed by atoms with Crippen LogP contribution in [0.5, 0.6) is 0 Å². The van der Waals surface area contributed by atoms with E-state index in [4.69, 9.17) is 0 Å². The minimum atomic E-state index is -0.616. The summed E-state index contributed by atoms with van der Waals surface area (Å²) in [5.41, 5.74) is 0. The summed E-state index contributed by atoms with van der Waals surface area (Å²) in [5.74, 6) is 0. The molecule has 7 heavy (non-hydrogen) atoms. The normalized spacial score (nSPS) is 55.0. The summed E-state index contributed by atoms with van der Waals surface area (Å²) in [5, 5.41) is 0. The molecule has 2 aliphatic heterocycles. The predicted molar refractivity (Wildman–Crippen MR) is 34.5 cm³/mol. The molecule has 3 unspecified atom stereocenters. The summed E-state index contributed by atoms with van der Waals surface area (Å²) in [6.07, 6.45) is 1.18. The lowest BCUT2D eigenvalue weighted by Gasteiger charge is -1.84. The fourth-order valence-electron chi connectivity index (χ4n) is 0.731. The van der Waals surface area contributed by atoms with Crippen molar-refractivity contribution in [3.8, 4) is 0 Å². The summed E-state index contributed by atoms with van der Waals surface area (Å²) >= 11 is 0. The largest absolute Gasteiger partial charge is 0.276 e. The van der Waals surface area contributed by atoms with Gasteiger partial charge in [0.1, 0.15) is 11.7 Å². The molecule has 0 bridgehead atoms. The van der Waals surface area contributed by atoms with E-state index in [1.807, 2.05) is 0 Å². The van der Waals surface area contributed by atoms with Crippen LogP contribution in [0.15, 0.2) is 0 Å². The number of hydrogen-bond donors (Lipinski definition) is 0. The molecule has 0 amide bonds. The molecule has 38 valence electrons. The number of hydrogen-bond acceptors (Lipinski definition) is 1. The molecular formula is C3H5OP3. The van der Waals surface area contributed by atoms with Crippen molar-refractivity contribution in [2.45, 2.75) is 18.0 Å². The van der Waals surface area contributed by atoms with E-state index < -0.39 is 7.09 Å². The molecule has 0 fully saturated rings. The zero-order chi connectivity index (χ0) is 5.07. The van der Waals surface area contributed by atoms with Gasteiger partial charge in [-0.25, -0.2) is 0 Å². The third-order valence-electron chi connectivity index (χ3n) is 1.45. The lowest BCUT2D eigenvalue weighted by Crippen LogP contribution is -1.79. The second-order valence-corrected chi connectivity index (χ2v) is 11.5. The van der Waals surface area contributed by atoms with Gasteiger partial charge in [0.15, 0.2) is 0 Å². The van der Waals surface area contributed by atoms with Gasteiger partial charge in [-0.05, 0) is 20.8 Å². The zero-order valence-electron chi connectivity index (χ0n) is 3.96. The lowest BCUT2D eigenvalue weighted by molar-refractivity contribution is 0.596. The highest BCUT2D eigenvalue weighted by atomic mass is 32.1. The third-order valence-corrected chi connectivity index (χ3v) is 15.3. The summed E-state index contributed by atoms with van der Waals surface area (Å²) in [7, 11) is 0.930. The Bertz CT molecular complexity index is 245. The molecule has 0 aromatic carbocycles. The topological polar surface area (TPSA) is 17.1 Å². The molecule has 3 atom stereocenters. The van der Waals surface area contributed by atoms with Gasteiger partial charge in [0.25, 0.3) is 0 Å².